The molecule has 0 saturated carbocycles. The number of rotatable bonds is 4. The van der Waals surface area contributed by atoms with E-state index in [1.54, 1.807) is 4.90 Å². The van der Waals surface area contributed by atoms with E-state index < -0.39 is 0 Å². The number of carbonyl (C=O) groups is 1. The molecule has 1 aliphatic rings. The number of halogens is 1. The Bertz CT molecular complexity index is 664. The first-order valence-corrected chi connectivity index (χ1v) is 7.95. The van der Waals surface area contributed by atoms with Gasteiger partial charge >= 0.3 is 0 Å². The van der Waals surface area contributed by atoms with Gasteiger partial charge < -0.3 is 14.6 Å². The van der Waals surface area contributed by atoms with Crippen molar-refractivity contribution in [1.82, 2.24) is 14.9 Å². The maximum atomic E-state index is 12.3. The summed E-state index contributed by atoms with van der Waals surface area (Å²) in [5.74, 6) is 1.25. The number of aromatic amines is 1. The topological polar surface area (TPSA) is 58.2 Å². The van der Waals surface area contributed by atoms with Gasteiger partial charge in [-0.1, -0.05) is 11.6 Å². The van der Waals surface area contributed by atoms with E-state index in [4.69, 9.17) is 16.3 Å². The van der Waals surface area contributed by atoms with Gasteiger partial charge in [-0.25, -0.2) is 4.98 Å². The maximum absolute atomic E-state index is 12.3. The molecule has 1 amide bonds. The zero-order chi connectivity index (χ0) is 15.5. The minimum atomic E-state index is 0.133. The predicted octanol–water partition coefficient (Wildman–Crippen LogP) is 2.99. The molecule has 0 radical (unpaired) electrons. The number of benzene rings is 1. The molecule has 1 N–H and O–H groups in total. The van der Waals surface area contributed by atoms with Crippen LogP contribution in [0.4, 0.5) is 0 Å². The lowest BCUT2D eigenvalue weighted by Crippen LogP contribution is -2.30. The summed E-state index contributed by atoms with van der Waals surface area (Å²) in [6.45, 7) is 1.99. The largest absolute Gasteiger partial charge is 0.381 e. The van der Waals surface area contributed by atoms with E-state index in [0.29, 0.717) is 30.5 Å². The van der Waals surface area contributed by atoms with Gasteiger partial charge in [0.05, 0.1) is 17.6 Å². The van der Waals surface area contributed by atoms with Gasteiger partial charge in [0, 0.05) is 31.7 Å². The highest BCUT2D eigenvalue weighted by atomic mass is 35.5. The number of imidazole rings is 1. The molecular weight excluding hydrogens is 302 g/mol. The molecule has 2 aromatic rings. The summed E-state index contributed by atoms with van der Waals surface area (Å²) in [6.07, 6.45) is 2.66. The number of H-pyrrole nitrogens is 1. The maximum Gasteiger partial charge on any atom is 0.223 e. The molecule has 5 nitrogen and oxygen atoms in total. The van der Waals surface area contributed by atoms with Crippen LogP contribution < -0.4 is 0 Å². The van der Waals surface area contributed by atoms with E-state index in [-0.39, 0.29) is 5.91 Å². The summed E-state index contributed by atoms with van der Waals surface area (Å²) in [7, 11) is 1.81. The lowest BCUT2D eigenvalue weighted by atomic mass is 9.98. The average Bonchev–Trinajstić information content (AvgIpc) is 2.89. The fourth-order valence-electron chi connectivity index (χ4n) is 2.79. The van der Waals surface area contributed by atoms with Crippen molar-refractivity contribution in [3.05, 3.63) is 29.0 Å². The summed E-state index contributed by atoms with van der Waals surface area (Å²) < 4.78 is 5.43. The van der Waals surface area contributed by atoms with E-state index in [9.17, 15) is 4.79 Å². The molecular formula is C16H20ClN3O2. The van der Waals surface area contributed by atoms with Gasteiger partial charge in [0.1, 0.15) is 5.82 Å². The third-order valence-corrected chi connectivity index (χ3v) is 4.26. The Balaban J connectivity index is 1.61. The molecule has 1 aromatic carbocycles. The molecule has 22 heavy (non-hydrogen) atoms. The normalized spacial score (nSPS) is 18.5. The van der Waals surface area contributed by atoms with Crippen molar-refractivity contribution in [2.75, 3.05) is 20.3 Å². The number of aromatic nitrogens is 2. The van der Waals surface area contributed by atoms with Crippen LogP contribution in [0.5, 0.6) is 0 Å². The van der Waals surface area contributed by atoms with Gasteiger partial charge in [-0.2, -0.15) is 0 Å². The van der Waals surface area contributed by atoms with Crippen molar-refractivity contribution in [3.63, 3.8) is 0 Å². The Morgan fingerprint density at radius 1 is 1.55 bits per heavy atom. The number of nitrogens with one attached hydrogen (secondary N) is 1. The SMILES string of the molecule is CN(Cc1nc2ccc(Cl)cc2[nH]1)C(=O)C[C@H]1CCCOC1. The molecule has 118 valence electrons. The second kappa shape index (κ2) is 6.67. The molecule has 1 saturated heterocycles. The first-order chi connectivity index (χ1) is 10.6. The lowest BCUT2D eigenvalue weighted by Gasteiger charge is -2.24. The van der Waals surface area contributed by atoms with E-state index in [2.05, 4.69) is 9.97 Å². The monoisotopic (exact) mass is 321 g/mol. The van der Waals surface area contributed by atoms with E-state index in [1.165, 1.54) is 0 Å². The van der Waals surface area contributed by atoms with E-state index >= 15 is 0 Å². The van der Waals surface area contributed by atoms with Gasteiger partial charge in [-0.15, -0.1) is 0 Å². The summed E-state index contributed by atoms with van der Waals surface area (Å²) >= 11 is 5.97. The second-order valence-corrected chi connectivity index (χ2v) is 6.32. The molecule has 1 aliphatic heterocycles. The van der Waals surface area contributed by atoms with Crippen LogP contribution in [0.15, 0.2) is 18.2 Å². The number of nitrogens with zero attached hydrogens (tertiary/aromatic N) is 2. The predicted molar refractivity (Wildman–Crippen MR) is 85.7 cm³/mol. The molecule has 0 bridgehead atoms. The first kappa shape index (κ1) is 15.3. The van der Waals surface area contributed by atoms with Crippen molar-refractivity contribution in [3.8, 4) is 0 Å². The van der Waals surface area contributed by atoms with Crippen LogP contribution in [0.25, 0.3) is 11.0 Å². The molecule has 1 fully saturated rings. The number of fused-ring (bicyclic) bond motifs is 1. The molecule has 0 aliphatic carbocycles. The van der Waals surface area contributed by atoms with Crippen LogP contribution in [-0.2, 0) is 16.1 Å². The van der Waals surface area contributed by atoms with E-state index in [0.717, 1.165) is 36.3 Å². The van der Waals surface area contributed by atoms with Gasteiger partial charge in [0.15, 0.2) is 0 Å². The number of amides is 1. The number of ether oxygens (including phenoxy) is 1. The molecule has 1 atom stereocenters. The Labute approximate surface area is 134 Å². The second-order valence-electron chi connectivity index (χ2n) is 5.88. The highest BCUT2D eigenvalue weighted by Crippen LogP contribution is 2.20. The lowest BCUT2D eigenvalue weighted by molar-refractivity contribution is -0.132. The Morgan fingerprint density at radius 2 is 2.41 bits per heavy atom. The summed E-state index contributed by atoms with van der Waals surface area (Å²) in [6, 6.07) is 5.53. The zero-order valence-corrected chi connectivity index (χ0v) is 13.4. The fraction of sp³-hybridized carbons (Fsp3) is 0.500. The highest BCUT2D eigenvalue weighted by molar-refractivity contribution is 6.31. The van der Waals surface area contributed by atoms with Crippen molar-refractivity contribution in [2.45, 2.75) is 25.8 Å². The van der Waals surface area contributed by atoms with Crippen molar-refractivity contribution < 1.29 is 9.53 Å². The molecule has 2 heterocycles. The van der Waals surface area contributed by atoms with Crippen LogP contribution in [0.1, 0.15) is 25.1 Å². The highest BCUT2D eigenvalue weighted by Gasteiger charge is 2.20. The van der Waals surface area contributed by atoms with E-state index in [1.807, 2.05) is 25.2 Å². The molecule has 0 unspecified atom stereocenters. The van der Waals surface area contributed by atoms with Crippen molar-refractivity contribution >= 4 is 28.5 Å². The number of hydrogen-bond acceptors (Lipinski definition) is 3. The van der Waals surface area contributed by atoms with Crippen LogP contribution in [0, 0.1) is 5.92 Å². The third kappa shape index (κ3) is 3.59. The minimum absolute atomic E-state index is 0.133. The molecule has 0 spiro atoms. The van der Waals surface area contributed by atoms with Crippen LogP contribution in [0.2, 0.25) is 5.02 Å². The van der Waals surface area contributed by atoms with Gasteiger partial charge in [-0.05, 0) is 37.0 Å². The summed E-state index contributed by atoms with van der Waals surface area (Å²) in [4.78, 5) is 21.7. The molecule has 3 rings (SSSR count). The number of hydrogen-bond donors (Lipinski definition) is 1. The van der Waals surface area contributed by atoms with Gasteiger partial charge in [-0.3, -0.25) is 4.79 Å². The summed E-state index contributed by atoms with van der Waals surface area (Å²) in [5, 5.41) is 0.671. The third-order valence-electron chi connectivity index (χ3n) is 4.02. The van der Waals surface area contributed by atoms with Crippen molar-refractivity contribution in [1.29, 1.82) is 0 Å². The number of carbonyl (C=O) groups excluding carboxylic acids is 1. The Kier molecular flexibility index (Phi) is 4.64. The first-order valence-electron chi connectivity index (χ1n) is 7.57. The minimum Gasteiger partial charge on any atom is -0.381 e. The molecule has 6 heteroatoms. The van der Waals surface area contributed by atoms with Crippen molar-refractivity contribution in [2.24, 2.45) is 5.92 Å². The quantitative estimate of drug-likeness (QED) is 0.941. The van der Waals surface area contributed by atoms with Gasteiger partial charge in [0.25, 0.3) is 0 Å². The smallest absolute Gasteiger partial charge is 0.223 e. The fourth-order valence-corrected chi connectivity index (χ4v) is 2.97. The standard InChI is InChI=1S/C16H20ClN3O2/c1-20(16(21)7-11-3-2-6-22-10-11)9-15-18-13-5-4-12(17)8-14(13)19-15/h4-5,8,11H,2-3,6-7,9-10H2,1H3,(H,18,19)/t11-/m1/s1. The average molecular weight is 322 g/mol. The zero-order valence-electron chi connectivity index (χ0n) is 12.6. The Hall–Kier alpha value is -1.59. The van der Waals surface area contributed by atoms with Crippen LogP contribution in [0.3, 0.4) is 0 Å². The molecule has 1 aromatic heterocycles. The Morgan fingerprint density at radius 3 is 3.18 bits per heavy atom. The van der Waals surface area contributed by atoms with Crippen LogP contribution in [-0.4, -0.2) is 41.0 Å². The van der Waals surface area contributed by atoms with Crippen LogP contribution >= 0.6 is 11.6 Å². The summed E-state index contributed by atoms with van der Waals surface area (Å²) in [5.41, 5.74) is 1.75. The van der Waals surface area contributed by atoms with Gasteiger partial charge in [0.2, 0.25) is 5.91 Å².